The Kier molecular flexibility index (Phi) is 12.0. The highest BCUT2D eigenvalue weighted by atomic mass is 35.5. The van der Waals surface area contributed by atoms with Gasteiger partial charge >= 0.3 is 0 Å². The molecule has 0 atom stereocenters. The Hall–Kier alpha value is -0.0400. The molecule has 2 heteroatoms. The number of hydrogen-bond acceptors (Lipinski definition) is 1. The zero-order valence-corrected chi connectivity index (χ0v) is 10.8. The van der Waals surface area contributed by atoms with E-state index in [0.717, 1.165) is 6.42 Å². The highest BCUT2D eigenvalue weighted by Gasteiger charge is 1.98. The minimum atomic E-state index is 0.191. The molecular formula is C13H25ClO. The molecule has 15 heavy (non-hydrogen) atoms. The van der Waals surface area contributed by atoms with E-state index in [4.69, 9.17) is 11.6 Å². The fourth-order valence-electron chi connectivity index (χ4n) is 1.70. The third-order valence-corrected chi connectivity index (χ3v) is 3.01. The molecule has 0 unspecified atom stereocenters. The monoisotopic (exact) mass is 232 g/mol. The van der Waals surface area contributed by atoms with Crippen molar-refractivity contribution in [2.24, 2.45) is 0 Å². The first kappa shape index (κ1) is 15.0. The van der Waals surface area contributed by atoms with Gasteiger partial charge in [-0.05, 0) is 6.42 Å². The summed E-state index contributed by atoms with van der Waals surface area (Å²) in [6, 6.07) is 0. The van der Waals surface area contributed by atoms with Gasteiger partial charge in [0.1, 0.15) is 5.78 Å². The summed E-state index contributed by atoms with van der Waals surface area (Å²) in [4.78, 5) is 10.9. The number of rotatable bonds is 11. The van der Waals surface area contributed by atoms with E-state index < -0.39 is 0 Å². The minimum Gasteiger partial charge on any atom is -0.298 e. The van der Waals surface area contributed by atoms with Crippen molar-refractivity contribution in [3.05, 3.63) is 0 Å². The summed E-state index contributed by atoms with van der Waals surface area (Å²) in [5.74, 6) is 0.386. The Morgan fingerprint density at radius 2 is 1.33 bits per heavy atom. The molecule has 0 amide bonds. The molecule has 1 nitrogen and oxygen atoms in total. The quantitative estimate of drug-likeness (QED) is 0.372. The molecule has 0 aromatic carbocycles. The van der Waals surface area contributed by atoms with Crippen molar-refractivity contribution in [2.45, 2.75) is 71.1 Å². The van der Waals surface area contributed by atoms with Crippen LogP contribution < -0.4 is 0 Å². The van der Waals surface area contributed by atoms with E-state index in [1.165, 1.54) is 51.4 Å². The summed E-state index contributed by atoms with van der Waals surface area (Å²) in [7, 11) is 0. The van der Waals surface area contributed by atoms with E-state index in [2.05, 4.69) is 6.92 Å². The number of hydrogen-bond donors (Lipinski definition) is 0. The second kappa shape index (κ2) is 12.0. The molecule has 0 radical (unpaired) electrons. The third-order valence-electron chi connectivity index (χ3n) is 2.71. The number of ketones is 1. The van der Waals surface area contributed by atoms with E-state index >= 15 is 0 Å². The van der Waals surface area contributed by atoms with Crippen molar-refractivity contribution in [2.75, 3.05) is 5.88 Å². The standard InChI is InChI=1S/C13H25ClO/c1-2-3-4-5-6-7-8-9-10-11-13(15)12-14/h2-12H2,1H3. The van der Waals surface area contributed by atoms with Crippen molar-refractivity contribution >= 4 is 17.4 Å². The van der Waals surface area contributed by atoms with Gasteiger partial charge in [-0.2, -0.15) is 0 Å². The van der Waals surface area contributed by atoms with Gasteiger partial charge in [0.2, 0.25) is 0 Å². The lowest BCUT2D eigenvalue weighted by Crippen LogP contribution is -1.98. The van der Waals surface area contributed by atoms with Crippen molar-refractivity contribution in [1.82, 2.24) is 0 Å². The lowest BCUT2D eigenvalue weighted by atomic mass is 10.1. The summed E-state index contributed by atoms with van der Waals surface area (Å²) in [6.45, 7) is 2.24. The zero-order valence-electron chi connectivity index (χ0n) is 10.1. The van der Waals surface area contributed by atoms with Gasteiger partial charge in [0.15, 0.2) is 0 Å². The lowest BCUT2D eigenvalue weighted by molar-refractivity contribution is -0.116. The summed E-state index contributed by atoms with van der Waals surface area (Å²) in [6.07, 6.45) is 12.3. The number of unbranched alkanes of at least 4 members (excludes halogenated alkanes) is 8. The molecule has 0 saturated carbocycles. The predicted molar refractivity (Wildman–Crippen MR) is 67.6 cm³/mol. The summed E-state index contributed by atoms with van der Waals surface area (Å²) in [5.41, 5.74) is 0. The molecule has 0 bridgehead atoms. The fraction of sp³-hybridized carbons (Fsp3) is 0.923. The van der Waals surface area contributed by atoms with Crippen molar-refractivity contribution < 1.29 is 4.79 Å². The molecule has 0 N–H and O–H groups in total. The van der Waals surface area contributed by atoms with Gasteiger partial charge in [0.25, 0.3) is 0 Å². The molecule has 0 heterocycles. The Labute approximate surface area is 99.6 Å². The average Bonchev–Trinajstić information content (AvgIpc) is 2.26. The molecule has 0 saturated heterocycles. The van der Waals surface area contributed by atoms with Gasteiger partial charge in [0.05, 0.1) is 5.88 Å². The number of carbonyl (C=O) groups excluding carboxylic acids is 1. The smallest absolute Gasteiger partial charge is 0.147 e. The Bertz CT molecular complexity index is 145. The first-order valence-corrected chi connectivity index (χ1v) is 6.92. The maximum Gasteiger partial charge on any atom is 0.147 e. The highest BCUT2D eigenvalue weighted by Crippen LogP contribution is 2.10. The summed E-state index contributed by atoms with van der Waals surface area (Å²) < 4.78 is 0. The Morgan fingerprint density at radius 3 is 1.80 bits per heavy atom. The second-order valence-corrected chi connectivity index (χ2v) is 4.52. The number of halogens is 1. The SMILES string of the molecule is CCCCCCCCCCCC(=O)CCl. The van der Waals surface area contributed by atoms with Crippen molar-refractivity contribution in [3.8, 4) is 0 Å². The van der Waals surface area contributed by atoms with E-state index in [1.54, 1.807) is 0 Å². The maximum atomic E-state index is 10.9. The number of Topliss-reactive ketones (excluding diaryl/α,β-unsaturated/α-hetero) is 1. The third kappa shape index (κ3) is 11.9. The first-order valence-electron chi connectivity index (χ1n) is 6.39. The summed E-state index contributed by atoms with van der Waals surface area (Å²) in [5, 5.41) is 0. The van der Waals surface area contributed by atoms with Crippen LogP contribution in [-0.2, 0) is 4.79 Å². The highest BCUT2D eigenvalue weighted by molar-refractivity contribution is 6.27. The van der Waals surface area contributed by atoms with Crippen LogP contribution in [0.2, 0.25) is 0 Å². The molecule has 0 aromatic heterocycles. The molecule has 0 rings (SSSR count). The van der Waals surface area contributed by atoms with Crippen LogP contribution in [0.4, 0.5) is 0 Å². The molecule has 0 fully saturated rings. The molecule has 0 spiro atoms. The molecule has 90 valence electrons. The molecular weight excluding hydrogens is 208 g/mol. The number of carbonyl (C=O) groups is 1. The van der Waals surface area contributed by atoms with Crippen LogP contribution in [0.3, 0.4) is 0 Å². The van der Waals surface area contributed by atoms with Crippen molar-refractivity contribution in [1.29, 1.82) is 0 Å². The van der Waals surface area contributed by atoms with E-state index in [-0.39, 0.29) is 11.7 Å². The van der Waals surface area contributed by atoms with Crippen LogP contribution in [0.1, 0.15) is 71.1 Å². The predicted octanol–water partition coefficient (Wildman–Crippen LogP) is 4.72. The molecule has 0 aliphatic rings. The van der Waals surface area contributed by atoms with E-state index in [9.17, 15) is 4.79 Å². The van der Waals surface area contributed by atoms with Gasteiger partial charge in [-0.15, -0.1) is 11.6 Å². The number of alkyl halides is 1. The fourth-order valence-corrected chi connectivity index (χ4v) is 1.83. The lowest BCUT2D eigenvalue weighted by Gasteiger charge is -2.01. The van der Waals surface area contributed by atoms with Gasteiger partial charge in [-0.3, -0.25) is 4.79 Å². The van der Waals surface area contributed by atoms with Crippen LogP contribution in [0.15, 0.2) is 0 Å². The van der Waals surface area contributed by atoms with E-state index in [0.29, 0.717) is 6.42 Å². The normalized spacial score (nSPS) is 10.5. The Balaban J connectivity index is 2.95. The second-order valence-electron chi connectivity index (χ2n) is 4.25. The average molecular weight is 233 g/mol. The molecule has 0 aliphatic carbocycles. The van der Waals surface area contributed by atoms with Crippen LogP contribution >= 0.6 is 11.6 Å². The Morgan fingerprint density at radius 1 is 0.867 bits per heavy atom. The van der Waals surface area contributed by atoms with Gasteiger partial charge in [-0.1, -0.05) is 58.3 Å². The maximum absolute atomic E-state index is 10.9. The summed E-state index contributed by atoms with van der Waals surface area (Å²) >= 11 is 5.41. The van der Waals surface area contributed by atoms with Gasteiger partial charge in [-0.25, -0.2) is 0 Å². The van der Waals surface area contributed by atoms with Crippen LogP contribution in [0, 0.1) is 0 Å². The first-order chi connectivity index (χ1) is 7.31. The zero-order chi connectivity index (χ0) is 11.4. The molecule has 0 aromatic rings. The van der Waals surface area contributed by atoms with Crippen LogP contribution in [0.5, 0.6) is 0 Å². The van der Waals surface area contributed by atoms with Gasteiger partial charge in [0, 0.05) is 6.42 Å². The van der Waals surface area contributed by atoms with Crippen molar-refractivity contribution in [3.63, 3.8) is 0 Å². The topological polar surface area (TPSA) is 17.1 Å². The minimum absolute atomic E-state index is 0.191. The van der Waals surface area contributed by atoms with Gasteiger partial charge < -0.3 is 0 Å². The largest absolute Gasteiger partial charge is 0.298 e. The van der Waals surface area contributed by atoms with Crippen LogP contribution in [-0.4, -0.2) is 11.7 Å². The molecule has 0 aliphatic heterocycles. The van der Waals surface area contributed by atoms with Crippen LogP contribution in [0.25, 0.3) is 0 Å². The van der Waals surface area contributed by atoms with E-state index in [1.807, 2.05) is 0 Å².